The summed E-state index contributed by atoms with van der Waals surface area (Å²) in [4.78, 5) is 10.3. The highest BCUT2D eigenvalue weighted by Gasteiger charge is 2.30. The minimum Gasteiger partial charge on any atom is -0.480 e. The first-order valence-electron chi connectivity index (χ1n) is 3.27. The molecule has 0 saturated heterocycles. The number of alkyl halides is 2. The van der Waals surface area contributed by atoms with Crippen LogP contribution in [0.25, 0.3) is 0 Å². The summed E-state index contributed by atoms with van der Waals surface area (Å²) < 4.78 is 45.9. The Bertz CT molecular complexity index is 345. The molecule has 0 bridgehead atoms. The molecule has 5 nitrogen and oxygen atoms in total. The summed E-state index contributed by atoms with van der Waals surface area (Å²) in [6.45, 7) is 0. The molecular formula is C6H7F2NO4S. The predicted molar refractivity (Wildman–Crippen MR) is 42.9 cm³/mol. The van der Waals surface area contributed by atoms with E-state index in [0.29, 0.717) is 0 Å². The van der Waals surface area contributed by atoms with Crippen LogP contribution in [0.2, 0.25) is 0 Å². The average Bonchev–Trinajstić information content (AvgIpc) is 2.02. The number of aliphatic carboxylic acids is 1. The van der Waals surface area contributed by atoms with Gasteiger partial charge in [0.2, 0.25) is 0 Å². The third-order valence-electron chi connectivity index (χ3n) is 1.16. The highest BCUT2D eigenvalue weighted by Crippen LogP contribution is 2.04. The van der Waals surface area contributed by atoms with Gasteiger partial charge < -0.3 is 5.11 Å². The molecular weight excluding hydrogens is 220 g/mol. The van der Waals surface area contributed by atoms with Crippen molar-refractivity contribution >= 4 is 16.0 Å². The molecule has 0 aromatic carbocycles. The highest BCUT2D eigenvalue weighted by molar-refractivity contribution is 7.89. The van der Waals surface area contributed by atoms with Gasteiger partial charge in [-0.05, 0) is 0 Å². The number of carbonyl (C=O) groups is 1. The zero-order chi connectivity index (χ0) is 11.4. The van der Waals surface area contributed by atoms with Gasteiger partial charge in [0.15, 0.2) is 0 Å². The monoisotopic (exact) mass is 227 g/mol. The first-order chi connectivity index (χ1) is 6.31. The van der Waals surface area contributed by atoms with Crippen LogP contribution in [-0.4, -0.2) is 31.3 Å². The molecule has 0 aliphatic heterocycles. The lowest BCUT2D eigenvalue weighted by atomic mass is 10.2. The Hall–Kier alpha value is -1.20. The molecule has 8 heteroatoms. The Morgan fingerprint density at radius 1 is 1.57 bits per heavy atom. The molecule has 0 heterocycles. The van der Waals surface area contributed by atoms with Crippen molar-refractivity contribution in [3.63, 3.8) is 0 Å². The van der Waals surface area contributed by atoms with Gasteiger partial charge in [0.25, 0.3) is 10.0 Å². The van der Waals surface area contributed by atoms with Crippen molar-refractivity contribution < 1.29 is 27.1 Å². The van der Waals surface area contributed by atoms with Gasteiger partial charge in [-0.15, -0.1) is 12.3 Å². The van der Waals surface area contributed by atoms with E-state index >= 15 is 0 Å². The standard InChI is InChI=1S/C6H7F2NO4S/c1-2-3-4(5(10)11)9-14(12,13)6(7)8/h1,4,6,9H,3H2,(H,10,11). The second kappa shape index (κ2) is 4.88. The number of carboxylic acids is 1. The third-order valence-corrected chi connectivity index (χ3v) is 2.24. The number of terminal acetylenes is 1. The van der Waals surface area contributed by atoms with Gasteiger partial charge in [-0.1, -0.05) is 0 Å². The minimum atomic E-state index is -4.92. The van der Waals surface area contributed by atoms with Crippen molar-refractivity contribution in [2.24, 2.45) is 0 Å². The molecule has 0 spiro atoms. The van der Waals surface area contributed by atoms with E-state index < -0.39 is 34.2 Å². The molecule has 0 amide bonds. The topological polar surface area (TPSA) is 83.5 Å². The van der Waals surface area contributed by atoms with Crippen LogP contribution in [0.15, 0.2) is 0 Å². The van der Waals surface area contributed by atoms with E-state index in [2.05, 4.69) is 0 Å². The van der Waals surface area contributed by atoms with Crippen molar-refractivity contribution in [3.8, 4) is 12.3 Å². The van der Waals surface area contributed by atoms with E-state index in [1.54, 1.807) is 0 Å². The number of carboxylic acid groups (broad SMARTS) is 1. The molecule has 1 atom stereocenters. The molecule has 0 aromatic rings. The highest BCUT2D eigenvalue weighted by atomic mass is 32.2. The Morgan fingerprint density at radius 2 is 2.07 bits per heavy atom. The van der Waals surface area contributed by atoms with Gasteiger partial charge in [0.05, 0.1) is 0 Å². The fraction of sp³-hybridized carbons (Fsp3) is 0.500. The van der Waals surface area contributed by atoms with E-state index in [-0.39, 0.29) is 0 Å². The van der Waals surface area contributed by atoms with Crippen LogP contribution in [0.1, 0.15) is 6.42 Å². The van der Waals surface area contributed by atoms with Crippen LogP contribution in [0, 0.1) is 12.3 Å². The van der Waals surface area contributed by atoms with Gasteiger partial charge in [0, 0.05) is 6.42 Å². The Kier molecular flexibility index (Phi) is 4.46. The minimum absolute atomic E-state index is 0.499. The predicted octanol–water partition coefficient (Wildman–Crippen LogP) is -0.395. The number of hydrogen-bond acceptors (Lipinski definition) is 3. The van der Waals surface area contributed by atoms with E-state index in [9.17, 15) is 22.0 Å². The molecule has 0 aliphatic carbocycles. The van der Waals surface area contributed by atoms with Gasteiger partial charge >= 0.3 is 11.7 Å². The fourth-order valence-electron chi connectivity index (χ4n) is 0.547. The molecule has 0 saturated carbocycles. The summed E-state index contributed by atoms with van der Waals surface area (Å²) in [5.74, 6) is -3.43. The second-order valence-electron chi connectivity index (χ2n) is 2.22. The lowest BCUT2D eigenvalue weighted by Crippen LogP contribution is -2.42. The number of sulfonamides is 1. The molecule has 0 fully saturated rings. The van der Waals surface area contributed by atoms with Crippen LogP contribution in [0.4, 0.5) is 8.78 Å². The van der Waals surface area contributed by atoms with E-state index in [1.165, 1.54) is 4.72 Å². The summed E-state index contributed by atoms with van der Waals surface area (Å²) in [6, 6.07) is -1.72. The van der Waals surface area contributed by atoms with Crippen molar-refractivity contribution in [1.82, 2.24) is 4.72 Å². The smallest absolute Gasteiger partial charge is 0.350 e. The summed E-state index contributed by atoms with van der Waals surface area (Å²) in [6.07, 6.45) is 4.23. The van der Waals surface area contributed by atoms with Crippen molar-refractivity contribution in [1.29, 1.82) is 0 Å². The van der Waals surface area contributed by atoms with Crippen LogP contribution in [0.3, 0.4) is 0 Å². The largest absolute Gasteiger partial charge is 0.480 e. The number of hydrogen-bond donors (Lipinski definition) is 2. The zero-order valence-electron chi connectivity index (χ0n) is 6.78. The summed E-state index contributed by atoms with van der Waals surface area (Å²) in [5, 5.41) is 8.38. The summed E-state index contributed by atoms with van der Waals surface area (Å²) in [7, 11) is -4.92. The lowest BCUT2D eigenvalue weighted by Gasteiger charge is -2.10. The number of rotatable bonds is 5. The quantitative estimate of drug-likeness (QED) is 0.626. The maximum absolute atomic E-state index is 11.8. The van der Waals surface area contributed by atoms with Gasteiger partial charge in [-0.3, -0.25) is 4.79 Å². The maximum Gasteiger partial charge on any atom is 0.350 e. The number of nitrogens with one attached hydrogen (secondary N) is 1. The van der Waals surface area contributed by atoms with Gasteiger partial charge in [-0.2, -0.15) is 13.5 Å². The second-order valence-corrected chi connectivity index (χ2v) is 3.90. The first-order valence-corrected chi connectivity index (χ1v) is 4.81. The van der Waals surface area contributed by atoms with Crippen LogP contribution < -0.4 is 4.72 Å². The average molecular weight is 227 g/mol. The van der Waals surface area contributed by atoms with Gasteiger partial charge in [-0.25, -0.2) is 8.42 Å². The fourth-order valence-corrected chi connectivity index (χ4v) is 1.23. The molecule has 2 N–H and O–H groups in total. The zero-order valence-corrected chi connectivity index (χ0v) is 7.59. The molecule has 0 aromatic heterocycles. The van der Waals surface area contributed by atoms with E-state index in [0.717, 1.165) is 0 Å². The van der Waals surface area contributed by atoms with E-state index in [1.807, 2.05) is 5.92 Å². The summed E-state index contributed by atoms with van der Waals surface area (Å²) in [5.41, 5.74) is 0. The SMILES string of the molecule is C#CCC(NS(=O)(=O)C(F)F)C(=O)O. The molecule has 0 aliphatic rings. The van der Waals surface area contributed by atoms with Crippen molar-refractivity contribution in [3.05, 3.63) is 0 Å². The maximum atomic E-state index is 11.8. The lowest BCUT2D eigenvalue weighted by molar-refractivity contribution is -0.138. The summed E-state index contributed by atoms with van der Waals surface area (Å²) >= 11 is 0. The molecule has 0 radical (unpaired) electrons. The Labute approximate surface area is 79.2 Å². The number of halogens is 2. The molecule has 1 unspecified atom stereocenters. The first kappa shape index (κ1) is 12.8. The normalized spacial score (nSPS) is 13.6. The Morgan fingerprint density at radius 3 is 2.36 bits per heavy atom. The molecule has 0 rings (SSSR count). The third kappa shape index (κ3) is 3.68. The molecule has 14 heavy (non-hydrogen) atoms. The van der Waals surface area contributed by atoms with Crippen LogP contribution in [0.5, 0.6) is 0 Å². The van der Waals surface area contributed by atoms with Crippen molar-refractivity contribution in [2.45, 2.75) is 18.2 Å². The van der Waals surface area contributed by atoms with Crippen molar-refractivity contribution in [2.75, 3.05) is 0 Å². The van der Waals surface area contributed by atoms with Crippen LogP contribution >= 0.6 is 0 Å². The van der Waals surface area contributed by atoms with Gasteiger partial charge in [0.1, 0.15) is 6.04 Å². The van der Waals surface area contributed by atoms with Crippen LogP contribution in [-0.2, 0) is 14.8 Å². The Balaban J connectivity index is 4.63. The molecule has 80 valence electrons. The van der Waals surface area contributed by atoms with E-state index in [4.69, 9.17) is 11.5 Å².